The van der Waals surface area contributed by atoms with Gasteiger partial charge in [0.1, 0.15) is 5.82 Å². The zero-order chi connectivity index (χ0) is 21.1. The lowest BCUT2D eigenvalue weighted by molar-refractivity contribution is -0.131. The molecule has 2 heterocycles. The zero-order valence-electron chi connectivity index (χ0n) is 18.2. The molecule has 0 aliphatic carbocycles. The topological polar surface area (TPSA) is 74.8 Å². The molecule has 1 N–H and O–H groups in total. The molecule has 1 unspecified atom stereocenters. The number of carbonyl (C=O) groups excluding carboxylic acids is 2. The lowest BCUT2D eigenvalue weighted by Crippen LogP contribution is -2.41. The summed E-state index contributed by atoms with van der Waals surface area (Å²) in [5.74, 6) is 1.07. The van der Waals surface area contributed by atoms with Crippen molar-refractivity contribution in [1.82, 2.24) is 15.2 Å². The Hall–Kier alpha value is -2.15. The van der Waals surface area contributed by atoms with Gasteiger partial charge in [-0.1, -0.05) is 19.9 Å². The standard InChI is InChI=1S/C22H36N4O3/c1-4-11-25(12-5-2)22(28)8-6-7-21(27)24-16-19-9-10-20(23-15-19)26-13-14-29-18(3)17-26/h9-10,15,18H,4-8,11-14,16-17H2,1-3H3,(H,24,27). The fourth-order valence-electron chi connectivity index (χ4n) is 3.48. The highest BCUT2D eigenvalue weighted by Crippen LogP contribution is 2.15. The summed E-state index contributed by atoms with van der Waals surface area (Å²) in [6.45, 7) is 10.7. The molecule has 29 heavy (non-hydrogen) atoms. The first-order chi connectivity index (χ1) is 14.0. The highest BCUT2D eigenvalue weighted by atomic mass is 16.5. The summed E-state index contributed by atoms with van der Waals surface area (Å²) >= 11 is 0. The number of hydrogen-bond acceptors (Lipinski definition) is 5. The van der Waals surface area contributed by atoms with Gasteiger partial charge in [-0.3, -0.25) is 9.59 Å². The molecule has 7 heteroatoms. The van der Waals surface area contributed by atoms with Crippen molar-refractivity contribution in [3.63, 3.8) is 0 Å². The van der Waals surface area contributed by atoms with E-state index in [1.54, 1.807) is 0 Å². The van der Waals surface area contributed by atoms with Crippen LogP contribution in [-0.2, 0) is 20.9 Å². The molecule has 1 aliphatic rings. The molecule has 1 aromatic heterocycles. The van der Waals surface area contributed by atoms with Crippen LogP contribution in [0.15, 0.2) is 18.3 Å². The number of nitrogens with one attached hydrogen (secondary N) is 1. The van der Waals surface area contributed by atoms with Crippen LogP contribution in [0.5, 0.6) is 0 Å². The largest absolute Gasteiger partial charge is 0.375 e. The first-order valence-corrected chi connectivity index (χ1v) is 10.9. The fraction of sp³-hybridized carbons (Fsp3) is 0.682. The Kier molecular flexibility index (Phi) is 9.91. The first kappa shape index (κ1) is 23.1. The van der Waals surface area contributed by atoms with Gasteiger partial charge in [-0.15, -0.1) is 0 Å². The van der Waals surface area contributed by atoms with E-state index in [0.29, 0.717) is 25.8 Å². The van der Waals surface area contributed by atoms with Gasteiger partial charge in [-0.25, -0.2) is 4.98 Å². The van der Waals surface area contributed by atoms with E-state index in [0.717, 1.165) is 57.0 Å². The molecule has 0 bridgehead atoms. The highest BCUT2D eigenvalue weighted by molar-refractivity contribution is 5.79. The van der Waals surface area contributed by atoms with Crippen LogP contribution in [0.1, 0.15) is 58.4 Å². The van der Waals surface area contributed by atoms with Crippen molar-refractivity contribution in [2.75, 3.05) is 37.7 Å². The predicted octanol–water partition coefficient (Wildman–Crippen LogP) is 2.74. The molecule has 0 spiro atoms. The number of morpholine rings is 1. The minimum atomic E-state index is -0.0265. The van der Waals surface area contributed by atoms with Gasteiger partial charge in [0.05, 0.1) is 12.7 Å². The van der Waals surface area contributed by atoms with Crippen molar-refractivity contribution < 1.29 is 14.3 Å². The summed E-state index contributed by atoms with van der Waals surface area (Å²) < 4.78 is 5.56. The Balaban J connectivity index is 1.69. The van der Waals surface area contributed by atoms with Crippen LogP contribution >= 0.6 is 0 Å². The van der Waals surface area contributed by atoms with Crippen molar-refractivity contribution in [2.24, 2.45) is 0 Å². The number of hydrogen-bond donors (Lipinski definition) is 1. The average Bonchev–Trinajstić information content (AvgIpc) is 2.72. The second kappa shape index (κ2) is 12.4. The Morgan fingerprint density at radius 3 is 2.62 bits per heavy atom. The van der Waals surface area contributed by atoms with Gasteiger partial charge in [-0.2, -0.15) is 0 Å². The van der Waals surface area contributed by atoms with Crippen LogP contribution < -0.4 is 10.2 Å². The van der Waals surface area contributed by atoms with E-state index < -0.39 is 0 Å². The molecular weight excluding hydrogens is 368 g/mol. The Labute approximate surface area is 174 Å². The molecule has 2 amide bonds. The number of nitrogens with zero attached hydrogens (tertiary/aromatic N) is 3. The van der Waals surface area contributed by atoms with E-state index >= 15 is 0 Å². The minimum Gasteiger partial charge on any atom is -0.375 e. The Morgan fingerprint density at radius 2 is 2.00 bits per heavy atom. The lowest BCUT2D eigenvalue weighted by atomic mass is 10.2. The third kappa shape index (κ3) is 8.01. The fourth-order valence-corrected chi connectivity index (χ4v) is 3.48. The van der Waals surface area contributed by atoms with Crippen LogP contribution in [-0.4, -0.2) is 60.6 Å². The number of amides is 2. The molecule has 2 rings (SSSR count). The van der Waals surface area contributed by atoms with E-state index in [9.17, 15) is 9.59 Å². The lowest BCUT2D eigenvalue weighted by Gasteiger charge is -2.32. The van der Waals surface area contributed by atoms with Crippen molar-refractivity contribution >= 4 is 17.6 Å². The van der Waals surface area contributed by atoms with Crippen LogP contribution in [0.3, 0.4) is 0 Å². The molecule has 1 aliphatic heterocycles. The maximum atomic E-state index is 12.2. The van der Waals surface area contributed by atoms with Crippen molar-refractivity contribution in [3.05, 3.63) is 23.9 Å². The van der Waals surface area contributed by atoms with Gasteiger partial charge in [0.2, 0.25) is 11.8 Å². The van der Waals surface area contributed by atoms with Crippen LogP contribution in [0, 0.1) is 0 Å². The van der Waals surface area contributed by atoms with Crippen molar-refractivity contribution in [3.8, 4) is 0 Å². The SMILES string of the molecule is CCCN(CCC)C(=O)CCCC(=O)NCc1ccc(N2CCOC(C)C2)nc1. The van der Waals surface area contributed by atoms with Crippen molar-refractivity contribution in [1.29, 1.82) is 0 Å². The number of pyridine rings is 1. The summed E-state index contributed by atoms with van der Waals surface area (Å²) in [7, 11) is 0. The molecule has 0 aromatic carbocycles. The summed E-state index contributed by atoms with van der Waals surface area (Å²) in [6.07, 6.45) is 5.34. The van der Waals surface area contributed by atoms with E-state index in [2.05, 4.69) is 36.0 Å². The molecule has 7 nitrogen and oxygen atoms in total. The minimum absolute atomic E-state index is 0.0265. The molecule has 1 fully saturated rings. The monoisotopic (exact) mass is 404 g/mol. The van der Waals surface area contributed by atoms with Crippen LogP contribution in [0.25, 0.3) is 0 Å². The molecular formula is C22H36N4O3. The summed E-state index contributed by atoms with van der Waals surface area (Å²) in [4.78, 5) is 33.0. The number of carbonyl (C=O) groups is 2. The number of rotatable bonds is 11. The highest BCUT2D eigenvalue weighted by Gasteiger charge is 2.17. The summed E-state index contributed by atoms with van der Waals surface area (Å²) in [5, 5.41) is 2.92. The molecule has 1 saturated heterocycles. The van der Waals surface area contributed by atoms with Gasteiger partial charge in [0.15, 0.2) is 0 Å². The predicted molar refractivity (Wildman–Crippen MR) is 115 cm³/mol. The van der Waals surface area contributed by atoms with Gasteiger partial charge in [0, 0.05) is 51.8 Å². The van der Waals surface area contributed by atoms with Gasteiger partial charge in [0.25, 0.3) is 0 Å². The third-order valence-corrected chi connectivity index (χ3v) is 5.00. The molecule has 0 saturated carbocycles. The number of anilines is 1. The normalized spacial score (nSPS) is 16.5. The van der Waals surface area contributed by atoms with Crippen molar-refractivity contribution in [2.45, 2.75) is 65.5 Å². The molecule has 162 valence electrons. The summed E-state index contributed by atoms with van der Waals surface area (Å²) in [6, 6.07) is 3.99. The maximum absolute atomic E-state index is 12.2. The Morgan fingerprint density at radius 1 is 1.24 bits per heavy atom. The maximum Gasteiger partial charge on any atom is 0.222 e. The van der Waals surface area contributed by atoms with Gasteiger partial charge in [-0.05, 0) is 37.8 Å². The second-order valence-electron chi connectivity index (χ2n) is 7.66. The van der Waals surface area contributed by atoms with E-state index in [1.807, 2.05) is 23.2 Å². The number of ether oxygens (including phenoxy) is 1. The van der Waals surface area contributed by atoms with E-state index in [1.165, 1.54) is 0 Å². The Bertz CT molecular complexity index is 629. The third-order valence-electron chi connectivity index (χ3n) is 5.00. The van der Waals surface area contributed by atoms with Gasteiger partial charge >= 0.3 is 0 Å². The first-order valence-electron chi connectivity index (χ1n) is 10.9. The van der Waals surface area contributed by atoms with Gasteiger partial charge < -0.3 is 19.9 Å². The van der Waals surface area contributed by atoms with E-state index in [4.69, 9.17) is 4.74 Å². The second-order valence-corrected chi connectivity index (χ2v) is 7.66. The molecule has 1 atom stereocenters. The zero-order valence-corrected chi connectivity index (χ0v) is 18.2. The van der Waals surface area contributed by atoms with Crippen LogP contribution in [0.2, 0.25) is 0 Å². The van der Waals surface area contributed by atoms with E-state index in [-0.39, 0.29) is 17.9 Å². The van der Waals surface area contributed by atoms with Crippen LogP contribution in [0.4, 0.5) is 5.82 Å². The smallest absolute Gasteiger partial charge is 0.222 e. The average molecular weight is 405 g/mol. The molecule has 1 aromatic rings. The quantitative estimate of drug-likeness (QED) is 0.614. The number of aromatic nitrogens is 1. The summed E-state index contributed by atoms with van der Waals surface area (Å²) in [5.41, 5.74) is 0.969. The molecule has 0 radical (unpaired) electrons.